The van der Waals surface area contributed by atoms with Crippen molar-refractivity contribution in [1.29, 1.82) is 0 Å². The summed E-state index contributed by atoms with van der Waals surface area (Å²) in [5.41, 5.74) is 1.90. The SMILES string of the molecule is CC(=O)c1nc2ccc(CO)cc2o1. The molecule has 1 aromatic carbocycles. The van der Waals surface area contributed by atoms with Gasteiger partial charge in [-0.25, -0.2) is 4.98 Å². The molecule has 0 aliphatic carbocycles. The second-order valence-electron chi connectivity index (χ2n) is 3.04. The van der Waals surface area contributed by atoms with Crippen LogP contribution in [-0.2, 0) is 6.61 Å². The highest BCUT2D eigenvalue weighted by atomic mass is 16.4. The Morgan fingerprint density at radius 2 is 2.36 bits per heavy atom. The number of nitrogens with zero attached hydrogens (tertiary/aromatic N) is 1. The maximum absolute atomic E-state index is 11.0. The molecule has 14 heavy (non-hydrogen) atoms. The second kappa shape index (κ2) is 3.23. The summed E-state index contributed by atoms with van der Waals surface area (Å²) in [7, 11) is 0. The average Bonchev–Trinajstić information content (AvgIpc) is 2.59. The third kappa shape index (κ3) is 1.40. The van der Waals surface area contributed by atoms with Gasteiger partial charge in [0.05, 0.1) is 6.61 Å². The standard InChI is InChI=1S/C10H9NO3/c1-6(13)10-11-8-3-2-7(5-12)4-9(8)14-10/h2-4,12H,5H2,1H3. The minimum Gasteiger partial charge on any atom is -0.434 e. The zero-order valence-corrected chi connectivity index (χ0v) is 7.65. The van der Waals surface area contributed by atoms with E-state index in [9.17, 15) is 4.79 Å². The maximum Gasteiger partial charge on any atom is 0.263 e. The van der Waals surface area contributed by atoms with Gasteiger partial charge in [-0.2, -0.15) is 0 Å². The fraction of sp³-hybridized carbons (Fsp3) is 0.200. The number of aliphatic hydroxyl groups excluding tert-OH is 1. The third-order valence-corrected chi connectivity index (χ3v) is 1.94. The molecule has 0 spiro atoms. The Morgan fingerprint density at radius 1 is 1.57 bits per heavy atom. The monoisotopic (exact) mass is 191 g/mol. The molecule has 1 heterocycles. The number of Topliss-reactive ketones (excluding diaryl/α,β-unsaturated/α-hetero) is 1. The van der Waals surface area contributed by atoms with Crippen molar-refractivity contribution in [3.05, 3.63) is 29.7 Å². The van der Waals surface area contributed by atoms with E-state index >= 15 is 0 Å². The lowest BCUT2D eigenvalue weighted by Crippen LogP contribution is -1.89. The van der Waals surface area contributed by atoms with E-state index in [1.807, 2.05) is 0 Å². The normalized spacial score (nSPS) is 10.7. The molecule has 0 atom stereocenters. The van der Waals surface area contributed by atoms with Gasteiger partial charge in [0.2, 0.25) is 5.78 Å². The van der Waals surface area contributed by atoms with E-state index in [1.54, 1.807) is 18.2 Å². The maximum atomic E-state index is 11.0. The van der Waals surface area contributed by atoms with Crippen LogP contribution in [0.5, 0.6) is 0 Å². The third-order valence-electron chi connectivity index (χ3n) is 1.94. The number of hydrogen-bond acceptors (Lipinski definition) is 4. The van der Waals surface area contributed by atoms with Gasteiger partial charge >= 0.3 is 0 Å². The van der Waals surface area contributed by atoms with Crippen molar-refractivity contribution in [2.75, 3.05) is 0 Å². The minimum absolute atomic E-state index is 0.0496. The van der Waals surface area contributed by atoms with Crippen LogP contribution in [0.3, 0.4) is 0 Å². The molecular formula is C10H9NO3. The van der Waals surface area contributed by atoms with Gasteiger partial charge in [-0.3, -0.25) is 4.79 Å². The molecule has 1 N–H and O–H groups in total. The summed E-state index contributed by atoms with van der Waals surface area (Å²) >= 11 is 0. The number of aromatic nitrogens is 1. The molecule has 0 bridgehead atoms. The summed E-state index contributed by atoms with van der Waals surface area (Å²) in [4.78, 5) is 15.0. The Hall–Kier alpha value is -1.68. The molecule has 2 aromatic rings. The Bertz CT molecular complexity index is 487. The van der Waals surface area contributed by atoms with E-state index in [1.165, 1.54) is 6.92 Å². The number of carbonyl (C=O) groups excluding carboxylic acids is 1. The molecule has 0 amide bonds. The fourth-order valence-corrected chi connectivity index (χ4v) is 1.22. The number of benzene rings is 1. The smallest absolute Gasteiger partial charge is 0.263 e. The summed E-state index contributed by atoms with van der Waals surface area (Å²) in [6.07, 6.45) is 0. The molecule has 0 aliphatic rings. The van der Waals surface area contributed by atoms with Gasteiger partial charge in [0.15, 0.2) is 5.58 Å². The number of fused-ring (bicyclic) bond motifs is 1. The molecule has 0 unspecified atom stereocenters. The summed E-state index contributed by atoms with van der Waals surface area (Å²) in [5, 5.41) is 8.88. The predicted molar refractivity (Wildman–Crippen MR) is 49.9 cm³/mol. The van der Waals surface area contributed by atoms with Crippen LogP contribution in [0.15, 0.2) is 22.6 Å². The quantitative estimate of drug-likeness (QED) is 0.731. The molecule has 0 radical (unpaired) electrons. The Labute approximate surface area is 80.2 Å². The molecule has 0 fully saturated rings. The lowest BCUT2D eigenvalue weighted by Gasteiger charge is -1.92. The van der Waals surface area contributed by atoms with E-state index in [2.05, 4.69) is 4.98 Å². The van der Waals surface area contributed by atoms with Crippen molar-refractivity contribution < 1.29 is 14.3 Å². The van der Waals surface area contributed by atoms with Gasteiger partial charge in [-0.05, 0) is 17.7 Å². The second-order valence-corrected chi connectivity index (χ2v) is 3.04. The zero-order valence-electron chi connectivity index (χ0n) is 7.65. The van der Waals surface area contributed by atoms with E-state index < -0.39 is 0 Å². The van der Waals surface area contributed by atoms with E-state index in [-0.39, 0.29) is 18.3 Å². The number of hydrogen-bond donors (Lipinski definition) is 1. The number of oxazole rings is 1. The Morgan fingerprint density at radius 3 is 3.00 bits per heavy atom. The summed E-state index contributed by atoms with van der Waals surface area (Å²) in [6.45, 7) is 1.35. The van der Waals surface area contributed by atoms with Crippen LogP contribution >= 0.6 is 0 Å². The first-order valence-corrected chi connectivity index (χ1v) is 4.22. The highest BCUT2D eigenvalue weighted by Gasteiger charge is 2.09. The van der Waals surface area contributed by atoms with Gasteiger partial charge in [-0.15, -0.1) is 0 Å². The number of rotatable bonds is 2. The van der Waals surface area contributed by atoms with E-state index in [0.717, 1.165) is 5.56 Å². The molecule has 1 aromatic heterocycles. The van der Waals surface area contributed by atoms with Crippen LogP contribution < -0.4 is 0 Å². The summed E-state index contributed by atoms with van der Waals surface area (Å²) in [6, 6.07) is 5.14. The molecule has 72 valence electrons. The highest BCUT2D eigenvalue weighted by molar-refractivity contribution is 5.92. The summed E-state index contributed by atoms with van der Waals surface area (Å²) < 4.78 is 5.20. The Kier molecular flexibility index (Phi) is 2.05. The average molecular weight is 191 g/mol. The van der Waals surface area contributed by atoms with Crippen LogP contribution in [-0.4, -0.2) is 15.9 Å². The minimum atomic E-state index is -0.202. The van der Waals surface area contributed by atoms with Gasteiger partial charge in [0.1, 0.15) is 5.52 Å². The number of ketones is 1. The van der Waals surface area contributed by atoms with Crippen LogP contribution in [0, 0.1) is 0 Å². The lowest BCUT2D eigenvalue weighted by atomic mass is 10.2. The molecule has 4 nitrogen and oxygen atoms in total. The predicted octanol–water partition coefficient (Wildman–Crippen LogP) is 1.52. The van der Waals surface area contributed by atoms with Crippen molar-refractivity contribution in [1.82, 2.24) is 4.98 Å². The largest absolute Gasteiger partial charge is 0.434 e. The van der Waals surface area contributed by atoms with Crippen LogP contribution in [0.4, 0.5) is 0 Å². The van der Waals surface area contributed by atoms with Crippen molar-refractivity contribution >= 4 is 16.9 Å². The zero-order chi connectivity index (χ0) is 10.1. The first-order valence-electron chi connectivity index (χ1n) is 4.22. The van der Waals surface area contributed by atoms with Crippen molar-refractivity contribution in [3.63, 3.8) is 0 Å². The molecule has 0 saturated heterocycles. The topological polar surface area (TPSA) is 63.3 Å². The first-order chi connectivity index (χ1) is 6.70. The summed E-state index contributed by atoms with van der Waals surface area (Å²) in [5.74, 6) is -0.0955. The van der Waals surface area contributed by atoms with Gasteiger partial charge in [0.25, 0.3) is 5.89 Å². The number of aliphatic hydroxyl groups is 1. The molecular weight excluding hydrogens is 182 g/mol. The van der Waals surface area contributed by atoms with Crippen LogP contribution in [0.1, 0.15) is 23.2 Å². The Balaban J connectivity index is 2.60. The molecule has 0 saturated carbocycles. The van der Waals surface area contributed by atoms with Crippen LogP contribution in [0.25, 0.3) is 11.1 Å². The van der Waals surface area contributed by atoms with Gasteiger partial charge < -0.3 is 9.52 Å². The highest BCUT2D eigenvalue weighted by Crippen LogP contribution is 2.17. The van der Waals surface area contributed by atoms with Crippen molar-refractivity contribution in [2.45, 2.75) is 13.5 Å². The van der Waals surface area contributed by atoms with Gasteiger partial charge in [-0.1, -0.05) is 6.07 Å². The molecule has 0 aliphatic heterocycles. The van der Waals surface area contributed by atoms with Crippen molar-refractivity contribution in [3.8, 4) is 0 Å². The van der Waals surface area contributed by atoms with E-state index in [4.69, 9.17) is 9.52 Å². The number of carbonyl (C=O) groups is 1. The van der Waals surface area contributed by atoms with Crippen LogP contribution in [0.2, 0.25) is 0 Å². The lowest BCUT2D eigenvalue weighted by molar-refractivity contribution is 0.0983. The molecule has 4 heteroatoms. The van der Waals surface area contributed by atoms with Crippen molar-refractivity contribution in [2.24, 2.45) is 0 Å². The molecule has 2 rings (SSSR count). The van der Waals surface area contributed by atoms with Gasteiger partial charge in [0, 0.05) is 6.92 Å². The first kappa shape index (κ1) is 8.90. The fourth-order valence-electron chi connectivity index (χ4n) is 1.22. The van der Waals surface area contributed by atoms with E-state index in [0.29, 0.717) is 11.1 Å².